The predicted octanol–water partition coefficient (Wildman–Crippen LogP) is 2.62. The normalized spacial score (nSPS) is 14.9. The van der Waals surface area contributed by atoms with Crippen molar-refractivity contribution in [2.75, 3.05) is 29.9 Å². The van der Waals surface area contributed by atoms with Gasteiger partial charge in [-0.2, -0.15) is 11.8 Å². The second-order valence-electron chi connectivity index (χ2n) is 6.85. The molecular formula is C18H24N2O4S. The van der Waals surface area contributed by atoms with E-state index in [-0.39, 0.29) is 18.2 Å². The standard InChI is InChI=1S/C18H24N2O4S/c1-12-10-13(16(22)20-6-8-25-9-7-20)4-5-14(12)19-15(21)11-18(2,3)17(23)24/h4-5,10H,6-9,11H2,1-3H3,(H,19,21)(H,23,24). The molecular weight excluding hydrogens is 340 g/mol. The number of thioether (sulfide) groups is 1. The SMILES string of the molecule is Cc1cc(C(=O)N2CCSCC2)ccc1NC(=O)CC(C)(C)C(=O)O. The Bertz CT molecular complexity index is 682. The number of aliphatic carboxylic acids is 1. The van der Waals surface area contributed by atoms with Crippen LogP contribution in [0.2, 0.25) is 0 Å². The Hall–Kier alpha value is -2.02. The maximum Gasteiger partial charge on any atom is 0.309 e. The predicted molar refractivity (Wildman–Crippen MR) is 99.1 cm³/mol. The van der Waals surface area contributed by atoms with Gasteiger partial charge in [-0.05, 0) is 44.5 Å². The average Bonchev–Trinajstić information content (AvgIpc) is 2.56. The van der Waals surface area contributed by atoms with Crippen LogP contribution in [0.1, 0.15) is 36.2 Å². The molecule has 0 unspecified atom stereocenters. The highest BCUT2D eigenvalue weighted by Gasteiger charge is 2.30. The van der Waals surface area contributed by atoms with Crippen LogP contribution in [-0.2, 0) is 9.59 Å². The van der Waals surface area contributed by atoms with Gasteiger partial charge in [0.05, 0.1) is 5.41 Å². The molecule has 0 aliphatic carbocycles. The number of carbonyl (C=O) groups is 3. The topological polar surface area (TPSA) is 86.7 Å². The summed E-state index contributed by atoms with van der Waals surface area (Å²) in [4.78, 5) is 37.6. The highest BCUT2D eigenvalue weighted by atomic mass is 32.2. The molecule has 25 heavy (non-hydrogen) atoms. The number of benzene rings is 1. The van der Waals surface area contributed by atoms with E-state index in [9.17, 15) is 14.4 Å². The minimum atomic E-state index is -1.12. The van der Waals surface area contributed by atoms with Gasteiger partial charge in [0.2, 0.25) is 5.91 Å². The van der Waals surface area contributed by atoms with Gasteiger partial charge >= 0.3 is 5.97 Å². The second-order valence-corrected chi connectivity index (χ2v) is 8.07. The number of carbonyl (C=O) groups excluding carboxylic acids is 2. The molecule has 1 saturated heterocycles. The van der Waals surface area contributed by atoms with Crippen molar-refractivity contribution in [3.8, 4) is 0 Å². The monoisotopic (exact) mass is 364 g/mol. The minimum Gasteiger partial charge on any atom is -0.481 e. The van der Waals surface area contributed by atoms with E-state index >= 15 is 0 Å². The van der Waals surface area contributed by atoms with Gasteiger partial charge in [-0.1, -0.05) is 0 Å². The van der Waals surface area contributed by atoms with Gasteiger partial charge in [0.25, 0.3) is 5.91 Å². The molecule has 1 aromatic carbocycles. The molecule has 2 rings (SSSR count). The molecule has 1 aliphatic rings. The summed E-state index contributed by atoms with van der Waals surface area (Å²) in [5, 5.41) is 11.8. The first-order valence-corrected chi connectivity index (χ1v) is 9.37. The largest absolute Gasteiger partial charge is 0.481 e. The summed E-state index contributed by atoms with van der Waals surface area (Å²) in [5.74, 6) is 0.548. The van der Waals surface area contributed by atoms with E-state index in [1.165, 1.54) is 13.8 Å². The third-order valence-electron chi connectivity index (χ3n) is 4.23. The van der Waals surface area contributed by atoms with Gasteiger partial charge in [0, 0.05) is 42.3 Å². The van der Waals surface area contributed by atoms with E-state index in [1.54, 1.807) is 18.2 Å². The number of carboxylic acid groups (broad SMARTS) is 1. The Labute approximate surface area is 152 Å². The average molecular weight is 364 g/mol. The number of nitrogens with one attached hydrogen (secondary N) is 1. The van der Waals surface area contributed by atoms with Gasteiger partial charge in [-0.15, -0.1) is 0 Å². The fraction of sp³-hybridized carbons (Fsp3) is 0.500. The zero-order valence-corrected chi connectivity index (χ0v) is 15.6. The molecule has 2 amide bonds. The third-order valence-corrected chi connectivity index (χ3v) is 5.17. The fourth-order valence-corrected chi connectivity index (χ4v) is 3.46. The lowest BCUT2D eigenvalue weighted by Crippen LogP contribution is -2.37. The Morgan fingerprint density at radius 1 is 1.24 bits per heavy atom. The van der Waals surface area contributed by atoms with Crippen LogP contribution in [0.4, 0.5) is 5.69 Å². The molecule has 1 aliphatic heterocycles. The molecule has 6 nitrogen and oxygen atoms in total. The lowest BCUT2D eigenvalue weighted by atomic mass is 9.89. The molecule has 0 bridgehead atoms. The molecule has 0 spiro atoms. The first-order valence-electron chi connectivity index (χ1n) is 8.21. The molecule has 1 aromatic rings. The Kier molecular flexibility index (Phi) is 6.11. The van der Waals surface area contributed by atoms with Crippen molar-refractivity contribution in [1.82, 2.24) is 4.90 Å². The van der Waals surface area contributed by atoms with Crippen LogP contribution in [0.25, 0.3) is 0 Å². The Balaban J connectivity index is 2.05. The van der Waals surface area contributed by atoms with Gasteiger partial charge < -0.3 is 15.3 Å². The molecule has 0 atom stereocenters. The molecule has 2 N–H and O–H groups in total. The van der Waals surface area contributed by atoms with Gasteiger partial charge in [0.15, 0.2) is 0 Å². The van der Waals surface area contributed by atoms with Gasteiger partial charge in [-0.25, -0.2) is 0 Å². The van der Waals surface area contributed by atoms with E-state index < -0.39 is 11.4 Å². The smallest absolute Gasteiger partial charge is 0.309 e. The van der Waals surface area contributed by atoms with E-state index in [1.807, 2.05) is 23.6 Å². The molecule has 0 aromatic heterocycles. The number of carboxylic acids is 1. The van der Waals surface area contributed by atoms with Crippen molar-refractivity contribution >= 4 is 35.2 Å². The number of hydrogen-bond donors (Lipinski definition) is 2. The highest BCUT2D eigenvalue weighted by molar-refractivity contribution is 7.99. The number of hydrogen-bond acceptors (Lipinski definition) is 4. The zero-order valence-electron chi connectivity index (χ0n) is 14.8. The number of aryl methyl sites for hydroxylation is 1. The molecule has 1 heterocycles. The van der Waals surface area contributed by atoms with Crippen molar-refractivity contribution < 1.29 is 19.5 Å². The summed E-state index contributed by atoms with van der Waals surface area (Å²) in [6, 6.07) is 5.17. The van der Waals surface area contributed by atoms with Crippen LogP contribution in [-0.4, -0.2) is 52.4 Å². The quantitative estimate of drug-likeness (QED) is 0.839. The maximum atomic E-state index is 12.5. The number of amides is 2. The minimum absolute atomic E-state index is 0.00767. The summed E-state index contributed by atoms with van der Waals surface area (Å²) in [7, 11) is 0. The van der Waals surface area contributed by atoms with Gasteiger partial charge in [-0.3, -0.25) is 14.4 Å². The van der Waals surface area contributed by atoms with E-state index in [0.29, 0.717) is 11.3 Å². The summed E-state index contributed by atoms with van der Waals surface area (Å²) < 4.78 is 0. The maximum absolute atomic E-state index is 12.5. The highest BCUT2D eigenvalue weighted by Crippen LogP contribution is 2.23. The number of nitrogens with zero attached hydrogens (tertiary/aromatic N) is 1. The first-order chi connectivity index (χ1) is 11.7. The van der Waals surface area contributed by atoms with E-state index in [4.69, 9.17) is 5.11 Å². The molecule has 0 radical (unpaired) electrons. The summed E-state index contributed by atoms with van der Waals surface area (Å²) in [6.45, 7) is 6.36. The van der Waals surface area contributed by atoms with Crippen molar-refractivity contribution in [2.45, 2.75) is 27.2 Å². The van der Waals surface area contributed by atoms with Crippen LogP contribution in [0.3, 0.4) is 0 Å². The van der Waals surface area contributed by atoms with Crippen LogP contribution >= 0.6 is 11.8 Å². The Morgan fingerprint density at radius 3 is 2.44 bits per heavy atom. The summed E-state index contributed by atoms with van der Waals surface area (Å²) >= 11 is 1.85. The molecule has 136 valence electrons. The number of rotatable bonds is 5. The van der Waals surface area contributed by atoms with Crippen LogP contribution in [0.5, 0.6) is 0 Å². The Morgan fingerprint density at radius 2 is 1.88 bits per heavy atom. The van der Waals surface area contributed by atoms with Crippen molar-refractivity contribution in [3.05, 3.63) is 29.3 Å². The van der Waals surface area contributed by atoms with Gasteiger partial charge in [0.1, 0.15) is 0 Å². The van der Waals surface area contributed by atoms with Crippen LogP contribution < -0.4 is 5.32 Å². The first kappa shape index (κ1) is 19.3. The van der Waals surface area contributed by atoms with E-state index in [2.05, 4.69) is 5.32 Å². The number of anilines is 1. The van der Waals surface area contributed by atoms with Crippen molar-refractivity contribution in [3.63, 3.8) is 0 Å². The third kappa shape index (κ3) is 4.98. The fourth-order valence-electron chi connectivity index (χ4n) is 2.56. The lowest BCUT2D eigenvalue weighted by Gasteiger charge is -2.26. The molecule has 0 saturated carbocycles. The lowest BCUT2D eigenvalue weighted by molar-refractivity contribution is -0.148. The van der Waals surface area contributed by atoms with E-state index in [0.717, 1.165) is 30.2 Å². The summed E-state index contributed by atoms with van der Waals surface area (Å²) in [6.07, 6.45) is -0.117. The summed E-state index contributed by atoms with van der Waals surface area (Å²) in [5.41, 5.74) is 0.851. The van der Waals surface area contributed by atoms with Crippen molar-refractivity contribution in [1.29, 1.82) is 0 Å². The molecule has 7 heteroatoms. The molecule has 1 fully saturated rings. The van der Waals surface area contributed by atoms with Crippen LogP contribution in [0, 0.1) is 12.3 Å². The van der Waals surface area contributed by atoms with Crippen molar-refractivity contribution in [2.24, 2.45) is 5.41 Å². The zero-order chi connectivity index (χ0) is 18.6. The second kappa shape index (κ2) is 7.91. The van der Waals surface area contributed by atoms with Crippen LogP contribution in [0.15, 0.2) is 18.2 Å².